The fourth-order valence-corrected chi connectivity index (χ4v) is 1.15. The van der Waals surface area contributed by atoms with Gasteiger partial charge in [0, 0.05) is 12.5 Å². The molecule has 0 spiro atoms. The van der Waals surface area contributed by atoms with Crippen molar-refractivity contribution in [1.82, 2.24) is 0 Å². The van der Waals surface area contributed by atoms with Crippen molar-refractivity contribution in [3.63, 3.8) is 0 Å². The van der Waals surface area contributed by atoms with E-state index < -0.39 is 17.9 Å². The van der Waals surface area contributed by atoms with E-state index in [0.29, 0.717) is 0 Å². The summed E-state index contributed by atoms with van der Waals surface area (Å²) in [6.45, 7) is 9.70. The third kappa shape index (κ3) is 5.79. The summed E-state index contributed by atoms with van der Waals surface area (Å²) in [7, 11) is 0. The minimum absolute atomic E-state index is 0.234. The van der Waals surface area contributed by atoms with Crippen LogP contribution in [-0.2, 0) is 28.5 Å². The van der Waals surface area contributed by atoms with Crippen LogP contribution in [0.2, 0.25) is 0 Å². The summed E-state index contributed by atoms with van der Waals surface area (Å²) in [5, 5.41) is 0. The molecular weight excluding hydrogens is 240 g/mol. The third-order valence-corrected chi connectivity index (χ3v) is 1.76. The SMILES string of the molecule is C=C(C)C(=O)OCC(OCC)(OCC)OC(C)=O. The second-order valence-electron chi connectivity index (χ2n) is 3.50. The number of ether oxygens (including phenoxy) is 4. The van der Waals surface area contributed by atoms with Crippen LogP contribution in [0.1, 0.15) is 27.7 Å². The van der Waals surface area contributed by atoms with E-state index in [1.54, 1.807) is 13.8 Å². The van der Waals surface area contributed by atoms with Crippen LogP contribution in [0.25, 0.3) is 0 Å². The van der Waals surface area contributed by atoms with Crippen LogP contribution in [0.4, 0.5) is 0 Å². The van der Waals surface area contributed by atoms with Crippen LogP contribution >= 0.6 is 0 Å². The predicted octanol–water partition coefficient (Wildman–Crippen LogP) is 1.40. The maximum absolute atomic E-state index is 11.3. The van der Waals surface area contributed by atoms with Gasteiger partial charge in [0.05, 0.1) is 13.2 Å². The van der Waals surface area contributed by atoms with Crippen molar-refractivity contribution < 1.29 is 28.5 Å². The molecule has 0 saturated heterocycles. The topological polar surface area (TPSA) is 71.1 Å². The number of carbonyl (C=O) groups is 2. The van der Waals surface area contributed by atoms with Gasteiger partial charge in [0.15, 0.2) is 6.61 Å². The van der Waals surface area contributed by atoms with Gasteiger partial charge in [-0.3, -0.25) is 4.79 Å². The molecule has 0 aliphatic heterocycles. The molecule has 6 heteroatoms. The Kier molecular flexibility index (Phi) is 7.23. The fraction of sp³-hybridized carbons (Fsp3) is 0.667. The minimum Gasteiger partial charge on any atom is -0.452 e. The molecule has 0 aromatic heterocycles. The van der Waals surface area contributed by atoms with Gasteiger partial charge in [0.25, 0.3) is 0 Å². The molecule has 0 aromatic rings. The highest BCUT2D eigenvalue weighted by molar-refractivity contribution is 5.86. The lowest BCUT2D eigenvalue weighted by atomic mass is 10.4. The van der Waals surface area contributed by atoms with Gasteiger partial charge >= 0.3 is 17.9 Å². The van der Waals surface area contributed by atoms with E-state index in [2.05, 4.69) is 6.58 Å². The van der Waals surface area contributed by atoms with Crippen LogP contribution < -0.4 is 0 Å². The van der Waals surface area contributed by atoms with Crippen LogP contribution in [-0.4, -0.2) is 37.7 Å². The van der Waals surface area contributed by atoms with Gasteiger partial charge in [-0.25, -0.2) is 4.79 Å². The van der Waals surface area contributed by atoms with E-state index in [4.69, 9.17) is 18.9 Å². The molecule has 104 valence electrons. The maximum atomic E-state index is 11.3. The van der Waals surface area contributed by atoms with Gasteiger partial charge in [-0.2, -0.15) is 0 Å². The summed E-state index contributed by atoms with van der Waals surface area (Å²) in [6.07, 6.45) is 0. The van der Waals surface area contributed by atoms with Crippen molar-refractivity contribution in [3.8, 4) is 0 Å². The van der Waals surface area contributed by atoms with Crippen molar-refractivity contribution in [1.29, 1.82) is 0 Å². The molecule has 0 atom stereocenters. The normalized spacial score (nSPS) is 10.9. The maximum Gasteiger partial charge on any atom is 0.365 e. The third-order valence-electron chi connectivity index (χ3n) is 1.76. The quantitative estimate of drug-likeness (QED) is 0.373. The number of hydrogen-bond donors (Lipinski definition) is 0. The van der Waals surface area contributed by atoms with Gasteiger partial charge in [0.1, 0.15) is 0 Å². The first-order valence-corrected chi connectivity index (χ1v) is 5.67. The summed E-state index contributed by atoms with van der Waals surface area (Å²) in [5.74, 6) is -2.89. The molecule has 0 aliphatic carbocycles. The highest BCUT2D eigenvalue weighted by Crippen LogP contribution is 2.17. The van der Waals surface area contributed by atoms with E-state index >= 15 is 0 Å². The molecule has 0 rings (SSSR count). The van der Waals surface area contributed by atoms with Crippen molar-refractivity contribution in [2.75, 3.05) is 19.8 Å². The van der Waals surface area contributed by atoms with E-state index in [0.717, 1.165) is 0 Å². The van der Waals surface area contributed by atoms with Crippen molar-refractivity contribution in [2.45, 2.75) is 33.7 Å². The summed E-state index contributed by atoms with van der Waals surface area (Å²) in [6, 6.07) is 0. The second kappa shape index (κ2) is 7.84. The lowest BCUT2D eigenvalue weighted by Gasteiger charge is -2.30. The van der Waals surface area contributed by atoms with Gasteiger partial charge in [0.2, 0.25) is 0 Å². The molecular formula is C12H20O6. The number of esters is 2. The molecule has 18 heavy (non-hydrogen) atoms. The average molecular weight is 260 g/mol. The Morgan fingerprint density at radius 3 is 1.94 bits per heavy atom. The van der Waals surface area contributed by atoms with Crippen LogP contribution in [0.3, 0.4) is 0 Å². The Balaban J connectivity index is 4.75. The zero-order valence-corrected chi connectivity index (χ0v) is 11.3. The minimum atomic E-state index is -1.69. The molecule has 0 saturated carbocycles. The number of hydrogen-bond acceptors (Lipinski definition) is 6. The number of rotatable bonds is 8. The van der Waals surface area contributed by atoms with Crippen LogP contribution in [0.5, 0.6) is 0 Å². The molecule has 0 N–H and O–H groups in total. The average Bonchev–Trinajstić information content (AvgIpc) is 2.25. The molecule has 6 nitrogen and oxygen atoms in total. The summed E-state index contributed by atoms with van der Waals surface area (Å²) in [5.41, 5.74) is 0.236. The monoisotopic (exact) mass is 260 g/mol. The van der Waals surface area contributed by atoms with Crippen LogP contribution in [0.15, 0.2) is 12.2 Å². The van der Waals surface area contributed by atoms with Crippen molar-refractivity contribution in [2.24, 2.45) is 0 Å². The van der Waals surface area contributed by atoms with Gasteiger partial charge < -0.3 is 18.9 Å². The van der Waals surface area contributed by atoms with E-state index in [1.807, 2.05) is 0 Å². The lowest BCUT2D eigenvalue weighted by molar-refractivity contribution is -0.371. The van der Waals surface area contributed by atoms with E-state index in [1.165, 1.54) is 13.8 Å². The highest BCUT2D eigenvalue weighted by Gasteiger charge is 2.37. The molecule has 0 fully saturated rings. The summed E-state index contributed by atoms with van der Waals surface area (Å²) < 4.78 is 20.3. The van der Waals surface area contributed by atoms with Crippen molar-refractivity contribution >= 4 is 11.9 Å². The standard InChI is InChI=1S/C12H20O6/c1-6-16-12(17-7-2,18-10(5)13)8-15-11(14)9(3)4/h3,6-8H2,1-2,4-5H3. The first kappa shape index (κ1) is 16.6. The molecule has 0 bridgehead atoms. The largest absolute Gasteiger partial charge is 0.452 e. The van der Waals surface area contributed by atoms with E-state index in [9.17, 15) is 9.59 Å². The zero-order valence-electron chi connectivity index (χ0n) is 11.3. The Morgan fingerprint density at radius 1 is 1.11 bits per heavy atom. The Morgan fingerprint density at radius 2 is 1.61 bits per heavy atom. The Labute approximate surface area is 107 Å². The fourth-order valence-electron chi connectivity index (χ4n) is 1.15. The van der Waals surface area contributed by atoms with E-state index in [-0.39, 0.29) is 25.4 Å². The summed E-state index contributed by atoms with van der Waals surface area (Å²) >= 11 is 0. The Bertz CT molecular complexity index is 304. The zero-order chi connectivity index (χ0) is 14.2. The molecule has 0 heterocycles. The second-order valence-corrected chi connectivity index (χ2v) is 3.50. The highest BCUT2D eigenvalue weighted by atomic mass is 16.9. The first-order valence-electron chi connectivity index (χ1n) is 5.67. The predicted molar refractivity (Wildman–Crippen MR) is 63.5 cm³/mol. The van der Waals surface area contributed by atoms with Gasteiger partial charge in [-0.15, -0.1) is 0 Å². The Hall–Kier alpha value is -1.40. The molecule has 0 amide bonds. The molecule has 0 radical (unpaired) electrons. The number of carbonyl (C=O) groups excluding carboxylic acids is 2. The molecule has 0 unspecified atom stereocenters. The lowest BCUT2D eigenvalue weighted by Crippen LogP contribution is -2.45. The first-order chi connectivity index (χ1) is 8.37. The van der Waals surface area contributed by atoms with Gasteiger partial charge in [-0.1, -0.05) is 6.58 Å². The summed E-state index contributed by atoms with van der Waals surface area (Å²) in [4.78, 5) is 22.4. The molecule has 0 aliphatic rings. The van der Waals surface area contributed by atoms with Crippen LogP contribution in [0, 0.1) is 0 Å². The van der Waals surface area contributed by atoms with Gasteiger partial charge in [-0.05, 0) is 20.8 Å². The smallest absolute Gasteiger partial charge is 0.365 e. The molecule has 0 aromatic carbocycles. The van der Waals surface area contributed by atoms with Crippen molar-refractivity contribution in [3.05, 3.63) is 12.2 Å².